The molecule has 1 heterocycles. The Balaban J connectivity index is 3.09. The Bertz CT molecular complexity index is 366. The van der Waals surface area contributed by atoms with Gasteiger partial charge in [0, 0.05) is 16.7 Å². The van der Waals surface area contributed by atoms with E-state index in [0.717, 1.165) is 21.2 Å². The number of halogens is 2. The number of hydrogen-bond acceptors (Lipinski definition) is 3. The van der Waals surface area contributed by atoms with Gasteiger partial charge in [-0.05, 0) is 51.3 Å². The number of hydrogen-bond donors (Lipinski definition) is 2. The molecule has 15 heavy (non-hydrogen) atoms. The monoisotopic (exact) mass is 333 g/mol. The topological polar surface area (TPSA) is 48.8 Å². The van der Waals surface area contributed by atoms with Gasteiger partial charge >= 0.3 is 0 Å². The normalized spacial score (nSPS) is 12.3. The molecule has 1 unspecified atom stereocenters. The molecule has 0 bridgehead atoms. The molecule has 1 rings (SSSR count). The predicted molar refractivity (Wildman–Crippen MR) is 70.9 cm³/mol. The zero-order valence-corrected chi connectivity index (χ0v) is 11.8. The van der Waals surface area contributed by atoms with Gasteiger partial charge in [-0.3, -0.25) is 0 Å². The second kappa shape index (κ2) is 5.61. The number of anilines is 1. The standard InChI is InChI=1S/C10H13Br2N3/c1-3-6(2)14-10-7(11)4-9(12)15-8(10)5-13/h4-6,13-14H,3H2,1-2H3. The van der Waals surface area contributed by atoms with Crippen LogP contribution in [0.5, 0.6) is 0 Å². The molecule has 0 saturated carbocycles. The molecule has 82 valence electrons. The highest BCUT2D eigenvalue weighted by molar-refractivity contribution is 9.11. The van der Waals surface area contributed by atoms with Crippen LogP contribution < -0.4 is 5.32 Å². The van der Waals surface area contributed by atoms with Gasteiger partial charge in [-0.15, -0.1) is 0 Å². The van der Waals surface area contributed by atoms with E-state index >= 15 is 0 Å². The lowest BCUT2D eigenvalue weighted by molar-refractivity contribution is 0.762. The molecule has 1 aromatic heterocycles. The third-order valence-corrected chi connectivity index (χ3v) is 3.14. The molecule has 1 aromatic rings. The largest absolute Gasteiger partial charge is 0.380 e. The van der Waals surface area contributed by atoms with Crippen LogP contribution >= 0.6 is 31.9 Å². The Labute approximate surface area is 106 Å². The number of nitrogens with zero attached hydrogens (tertiary/aromatic N) is 1. The molecule has 0 saturated heterocycles. The minimum atomic E-state index is 0.364. The van der Waals surface area contributed by atoms with Crippen LogP contribution in [0.4, 0.5) is 5.69 Å². The second-order valence-corrected chi connectivity index (χ2v) is 4.95. The Kier molecular flexibility index (Phi) is 4.73. The van der Waals surface area contributed by atoms with Crippen LogP contribution in [0.1, 0.15) is 26.0 Å². The van der Waals surface area contributed by atoms with E-state index in [1.54, 1.807) is 0 Å². The highest BCUT2D eigenvalue weighted by Crippen LogP contribution is 2.28. The van der Waals surface area contributed by atoms with Crippen LogP contribution in [0, 0.1) is 5.41 Å². The fraction of sp³-hybridized carbons (Fsp3) is 0.400. The van der Waals surface area contributed by atoms with Crippen molar-refractivity contribution in [2.24, 2.45) is 0 Å². The maximum atomic E-state index is 7.31. The summed E-state index contributed by atoms with van der Waals surface area (Å²) in [4.78, 5) is 4.22. The number of pyridine rings is 1. The van der Waals surface area contributed by atoms with E-state index in [9.17, 15) is 0 Å². The van der Waals surface area contributed by atoms with Crippen molar-refractivity contribution in [2.45, 2.75) is 26.3 Å². The van der Waals surface area contributed by atoms with E-state index in [2.05, 4.69) is 56.0 Å². The van der Waals surface area contributed by atoms with Crippen LogP contribution in [0.3, 0.4) is 0 Å². The highest BCUT2D eigenvalue weighted by Gasteiger charge is 2.10. The van der Waals surface area contributed by atoms with Crippen LogP contribution in [-0.4, -0.2) is 17.2 Å². The first-order chi connectivity index (χ1) is 7.08. The number of aromatic nitrogens is 1. The minimum absolute atomic E-state index is 0.364. The lowest BCUT2D eigenvalue weighted by atomic mass is 10.2. The van der Waals surface area contributed by atoms with Crippen LogP contribution in [0.2, 0.25) is 0 Å². The molecule has 0 spiro atoms. The first kappa shape index (κ1) is 12.6. The van der Waals surface area contributed by atoms with E-state index in [1.807, 2.05) is 6.07 Å². The second-order valence-electron chi connectivity index (χ2n) is 3.29. The van der Waals surface area contributed by atoms with Crippen molar-refractivity contribution in [1.82, 2.24) is 4.98 Å². The molecule has 0 aliphatic rings. The summed E-state index contributed by atoms with van der Waals surface area (Å²) in [7, 11) is 0. The van der Waals surface area contributed by atoms with Gasteiger partial charge in [-0.2, -0.15) is 0 Å². The quantitative estimate of drug-likeness (QED) is 0.649. The lowest BCUT2D eigenvalue weighted by Gasteiger charge is -2.16. The van der Waals surface area contributed by atoms with Crippen molar-refractivity contribution in [1.29, 1.82) is 5.41 Å². The van der Waals surface area contributed by atoms with Crippen molar-refractivity contribution >= 4 is 43.8 Å². The zero-order chi connectivity index (χ0) is 11.4. The maximum Gasteiger partial charge on any atom is 0.108 e. The molecule has 0 aliphatic heterocycles. The maximum absolute atomic E-state index is 7.31. The van der Waals surface area contributed by atoms with Gasteiger partial charge < -0.3 is 10.7 Å². The summed E-state index contributed by atoms with van der Waals surface area (Å²) in [5.41, 5.74) is 1.51. The fourth-order valence-electron chi connectivity index (χ4n) is 1.10. The average molecular weight is 335 g/mol. The van der Waals surface area contributed by atoms with Crippen molar-refractivity contribution in [3.05, 3.63) is 20.8 Å². The highest BCUT2D eigenvalue weighted by atomic mass is 79.9. The van der Waals surface area contributed by atoms with E-state index in [4.69, 9.17) is 5.41 Å². The van der Waals surface area contributed by atoms with Gasteiger partial charge in [-0.25, -0.2) is 4.98 Å². The van der Waals surface area contributed by atoms with Gasteiger partial charge in [0.05, 0.1) is 5.69 Å². The summed E-state index contributed by atoms with van der Waals surface area (Å²) in [6.07, 6.45) is 2.28. The Morgan fingerprint density at radius 1 is 1.60 bits per heavy atom. The number of nitrogens with one attached hydrogen (secondary N) is 2. The molecule has 0 amide bonds. The smallest absolute Gasteiger partial charge is 0.108 e. The third kappa shape index (κ3) is 3.28. The summed E-state index contributed by atoms with van der Waals surface area (Å²) in [6.45, 7) is 4.21. The summed E-state index contributed by atoms with van der Waals surface area (Å²) in [6, 6.07) is 2.24. The van der Waals surface area contributed by atoms with Crippen molar-refractivity contribution in [3.63, 3.8) is 0 Å². The Morgan fingerprint density at radius 3 is 2.80 bits per heavy atom. The number of rotatable bonds is 4. The Morgan fingerprint density at radius 2 is 2.27 bits per heavy atom. The van der Waals surface area contributed by atoms with Crippen molar-refractivity contribution in [3.8, 4) is 0 Å². The van der Waals surface area contributed by atoms with Gasteiger partial charge in [0.1, 0.15) is 10.3 Å². The predicted octanol–water partition coefficient (Wildman–Crippen LogP) is 3.81. The van der Waals surface area contributed by atoms with E-state index in [0.29, 0.717) is 11.7 Å². The van der Waals surface area contributed by atoms with Crippen LogP contribution in [-0.2, 0) is 0 Å². The van der Waals surface area contributed by atoms with E-state index < -0.39 is 0 Å². The van der Waals surface area contributed by atoms with Gasteiger partial charge in [0.15, 0.2) is 0 Å². The van der Waals surface area contributed by atoms with Crippen molar-refractivity contribution < 1.29 is 0 Å². The van der Waals surface area contributed by atoms with Crippen LogP contribution in [0.15, 0.2) is 15.1 Å². The molecule has 0 fully saturated rings. The molecule has 0 aliphatic carbocycles. The third-order valence-electron chi connectivity index (χ3n) is 2.11. The molecule has 0 radical (unpaired) electrons. The van der Waals surface area contributed by atoms with Crippen molar-refractivity contribution in [2.75, 3.05) is 5.32 Å². The Hall–Kier alpha value is -0.420. The van der Waals surface area contributed by atoms with Gasteiger partial charge in [-0.1, -0.05) is 6.92 Å². The summed E-state index contributed by atoms with van der Waals surface area (Å²) >= 11 is 6.76. The fourth-order valence-corrected chi connectivity index (χ4v) is 2.36. The zero-order valence-electron chi connectivity index (χ0n) is 8.64. The SMILES string of the molecule is CCC(C)Nc1c(Br)cc(Br)nc1C=N. The van der Waals surface area contributed by atoms with Crippen LogP contribution in [0.25, 0.3) is 0 Å². The minimum Gasteiger partial charge on any atom is -0.380 e. The molecule has 2 N–H and O–H groups in total. The van der Waals surface area contributed by atoms with E-state index in [-0.39, 0.29) is 0 Å². The summed E-state index contributed by atoms with van der Waals surface area (Å²) in [5, 5.41) is 10.6. The first-order valence-electron chi connectivity index (χ1n) is 4.71. The summed E-state index contributed by atoms with van der Waals surface area (Å²) in [5.74, 6) is 0. The molecule has 0 aromatic carbocycles. The first-order valence-corrected chi connectivity index (χ1v) is 6.30. The molecule has 1 atom stereocenters. The molecule has 5 heteroatoms. The lowest BCUT2D eigenvalue weighted by Crippen LogP contribution is -2.15. The molecular weight excluding hydrogens is 322 g/mol. The summed E-state index contributed by atoms with van der Waals surface area (Å²) < 4.78 is 1.64. The van der Waals surface area contributed by atoms with Gasteiger partial charge in [0.2, 0.25) is 0 Å². The average Bonchev–Trinajstić information content (AvgIpc) is 2.21. The van der Waals surface area contributed by atoms with E-state index in [1.165, 1.54) is 6.21 Å². The molecule has 3 nitrogen and oxygen atoms in total. The molecular formula is C10H13Br2N3. The van der Waals surface area contributed by atoms with Gasteiger partial charge in [0.25, 0.3) is 0 Å².